The van der Waals surface area contributed by atoms with E-state index >= 15 is 0 Å². The third kappa shape index (κ3) is 4.06. The Labute approximate surface area is 125 Å². The number of benzene rings is 2. The molecule has 0 fully saturated rings. The van der Waals surface area contributed by atoms with E-state index in [0.29, 0.717) is 0 Å². The van der Waals surface area contributed by atoms with E-state index in [4.69, 9.17) is 4.74 Å². The summed E-state index contributed by atoms with van der Waals surface area (Å²) in [5.74, 6) is 0.786. The third-order valence-electron chi connectivity index (χ3n) is 3.26. The zero-order chi connectivity index (χ0) is 15.3. The zero-order valence-corrected chi connectivity index (χ0v) is 13.0. The number of hydrogen-bond acceptors (Lipinski definition) is 3. The Morgan fingerprint density at radius 3 is 2.43 bits per heavy atom. The van der Waals surface area contributed by atoms with E-state index in [2.05, 4.69) is 4.72 Å². The smallest absolute Gasteiger partial charge is 0.240 e. The molecule has 4 nitrogen and oxygen atoms in total. The molecule has 0 atom stereocenters. The quantitative estimate of drug-likeness (QED) is 0.835. The molecular weight excluding hydrogens is 286 g/mol. The summed E-state index contributed by atoms with van der Waals surface area (Å²) in [6.45, 7) is 4.51. The van der Waals surface area contributed by atoms with Crippen LogP contribution < -0.4 is 9.46 Å². The molecule has 112 valence electrons. The summed E-state index contributed by atoms with van der Waals surface area (Å²) < 4.78 is 32.1. The van der Waals surface area contributed by atoms with E-state index in [1.807, 2.05) is 32.0 Å². The van der Waals surface area contributed by atoms with Crippen molar-refractivity contribution in [3.05, 3.63) is 59.7 Å². The van der Waals surface area contributed by atoms with Crippen molar-refractivity contribution in [3.63, 3.8) is 0 Å². The first-order chi connectivity index (χ1) is 10.0. The van der Waals surface area contributed by atoms with Gasteiger partial charge in [0.1, 0.15) is 12.4 Å². The Morgan fingerprint density at radius 1 is 1.00 bits per heavy atom. The van der Waals surface area contributed by atoms with Crippen LogP contribution in [0, 0.1) is 13.8 Å². The van der Waals surface area contributed by atoms with Crippen LogP contribution >= 0.6 is 0 Å². The maximum atomic E-state index is 12.0. The predicted molar refractivity (Wildman–Crippen MR) is 83.0 cm³/mol. The number of sulfonamides is 1. The van der Waals surface area contributed by atoms with Gasteiger partial charge in [0.05, 0.1) is 4.90 Å². The Hall–Kier alpha value is -1.85. The number of aryl methyl sites for hydroxylation is 1. The van der Waals surface area contributed by atoms with Gasteiger partial charge in [0, 0.05) is 6.54 Å². The highest BCUT2D eigenvalue weighted by Gasteiger charge is 2.12. The molecular formula is C16H19NO3S. The number of hydrogen-bond donors (Lipinski definition) is 1. The highest BCUT2D eigenvalue weighted by molar-refractivity contribution is 7.89. The summed E-state index contributed by atoms with van der Waals surface area (Å²) in [4.78, 5) is 0.261. The summed E-state index contributed by atoms with van der Waals surface area (Å²) in [5.41, 5.74) is 2.22. The lowest BCUT2D eigenvalue weighted by Gasteiger charge is -2.11. The van der Waals surface area contributed by atoms with Crippen molar-refractivity contribution in [1.82, 2.24) is 4.72 Å². The SMILES string of the molecule is Cc1cccc(OCCNS(=O)(=O)c2ccccc2)c1C. The molecule has 1 N–H and O–H groups in total. The number of nitrogens with one attached hydrogen (secondary N) is 1. The van der Waals surface area contributed by atoms with E-state index in [0.717, 1.165) is 16.9 Å². The van der Waals surface area contributed by atoms with Crippen LogP contribution in [-0.4, -0.2) is 21.6 Å². The van der Waals surface area contributed by atoms with Gasteiger partial charge in [-0.05, 0) is 43.2 Å². The van der Waals surface area contributed by atoms with Gasteiger partial charge in [0.2, 0.25) is 10.0 Å². The first-order valence-corrected chi connectivity index (χ1v) is 8.23. The van der Waals surface area contributed by atoms with Crippen molar-refractivity contribution >= 4 is 10.0 Å². The third-order valence-corrected chi connectivity index (χ3v) is 4.74. The fraction of sp³-hybridized carbons (Fsp3) is 0.250. The van der Waals surface area contributed by atoms with Crippen molar-refractivity contribution < 1.29 is 13.2 Å². The minimum atomic E-state index is -3.46. The second-order valence-electron chi connectivity index (χ2n) is 4.76. The minimum Gasteiger partial charge on any atom is -0.492 e. The second kappa shape index (κ2) is 6.74. The highest BCUT2D eigenvalue weighted by Crippen LogP contribution is 2.20. The molecule has 0 spiro atoms. The maximum Gasteiger partial charge on any atom is 0.240 e. The molecule has 0 radical (unpaired) electrons. The largest absolute Gasteiger partial charge is 0.492 e. The van der Waals surface area contributed by atoms with Crippen molar-refractivity contribution in [3.8, 4) is 5.75 Å². The molecule has 0 saturated heterocycles. The van der Waals surface area contributed by atoms with E-state index in [1.54, 1.807) is 30.3 Å². The summed E-state index contributed by atoms with van der Waals surface area (Å²) >= 11 is 0. The summed E-state index contributed by atoms with van der Waals surface area (Å²) in [6.07, 6.45) is 0. The summed E-state index contributed by atoms with van der Waals surface area (Å²) in [7, 11) is -3.46. The van der Waals surface area contributed by atoms with Crippen LogP contribution in [0.5, 0.6) is 5.75 Å². The molecule has 0 aliphatic rings. The van der Waals surface area contributed by atoms with Gasteiger partial charge in [-0.25, -0.2) is 13.1 Å². The average Bonchev–Trinajstić information content (AvgIpc) is 2.48. The molecule has 0 heterocycles. The number of ether oxygens (including phenoxy) is 1. The second-order valence-corrected chi connectivity index (χ2v) is 6.52. The van der Waals surface area contributed by atoms with Gasteiger partial charge in [0.25, 0.3) is 0 Å². The average molecular weight is 305 g/mol. The Balaban J connectivity index is 1.89. The van der Waals surface area contributed by atoms with Gasteiger partial charge < -0.3 is 4.74 Å². The van der Waals surface area contributed by atoms with Crippen molar-refractivity contribution in [2.75, 3.05) is 13.2 Å². The molecule has 0 unspecified atom stereocenters. The van der Waals surface area contributed by atoms with Crippen molar-refractivity contribution in [2.24, 2.45) is 0 Å². The van der Waals surface area contributed by atoms with Crippen LogP contribution in [0.15, 0.2) is 53.4 Å². The van der Waals surface area contributed by atoms with Gasteiger partial charge in [-0.15, -0.1) is 0 Å². The van der Waals surface area contributed by atoms with Gasteiger partial charge in [-0.1, -0.05) is 30.3 Å². The fourth-order valence-electron chi connectivity index (χ4n) is 1.90. The molecule has 2 rings (SSSR count). The van der Waals surface area contributed by atoms with Crippen LogP contribution in [0.2, 0.25) is 0 Å². The summed E-state index contributed by atoms with van der Waals surface area (Å²) in [5, 5.41) is 0. The van der Waals surface area contributed by atoms with Gasteiger partial charge >= 0.3 is 0 Å². The first-order valence-electron chi connectivity index (χ1n) is 6.74. The molecule has 0 aromatic heterocycles. The van der Waals surface area contributed by atoms with E-state index in [-0.39, 0.29) is 18.0 Å². The van der Waals surface area contributed by atoms with Gasteiger partial charge in [-0.3, -0.25) is 0 Å². The first kappa shape index (κ1) is 15.5. The Morgan fingerprint density at radius 2 is 1.71 bits per heavy atom. The standard InChI is InChI=1S/C16H19NO3S/c1-13-7-6-10-16(14(13)2)20-12-11-17-21(18,19)15-8-4-3-5-9-15/h3-10,17H,11-12H2,1-2H3. The fourth-order valence-corrected chi connectivity index (χ4v) is 2.93. The molecule has 0 aliphatic carbocycles. The van der Waals surface area contributed by atoms with E-state index < -0.39 is 10.0 Å². The molecule has 0 bridgehead atoms. The summed E-state index contributed by atoms with van der Waals surface area (Å²) in [6, 6.07) is 14.1. The molecule has 5 heteroatoms. The predicted octanol–water partition coefficient (Wildman–Crippen LogP) is 2.66. The molecule has 0 saturated carbocycles. The monoisotopic (exact) mass is 305 g/mol. The van der Waals surface area contributed by atoms with Crippen LogP contribution in [-0.2, 0) is 10.0 Å². The maximum absolute atomic E-state index is 12.0. The lowest BCUT2D eigenvalue weighted by Crippen LogP contribution is -2.28. The molecule has 0 aliphatic heterocycles. The molecule has 21 heavy (non-hydrogen) atoms. The lowest BCUT2D eigenvalue weighted by atomic mass is 10.1. The lowest BCUT2D eigenvalue weighted by molar-refractivity contribution is 0.320. The number of rotatable bonds is 6. The van der Waals surface area contributed by atoms with Crippen LogP contribution in [0.25, 0.3) is 0 Å². The highest BCUT2D eigenvalue weighted by atomic mass is 32.2. The van der Waals surface area contributed by atoms with E-state index in [1.165, 1.54) is 0 Å². The van der Waals surface area contributed by atoms with Crippen molar-refractivity contribution in [1.29, 1.82) is 0 Å². The Bertz CT molecular complexity index is 697. The molecule has 2 aromatic carbocycles. The van der Waals surface area contributed by atoms with Gasteiger partial charge in [-0.2, -0.15) is 0 Å². The van der Waals surface area contributed by atoms with Crippen LogP contribution in [0.4, 0.5) is 0 Å². The molecule has 0 amide bonds. The van der Waals surface area contributed by atoms with Crippen molar-refractivity contribution in [2.45, 2.75) is 18.7 Å². The topological polar surface area (TPSA) is 55.4 Å². The van der Waals surface area contributed by atoms with E-state index in [9.17, 15) is 8.42 Å². The minimum absolute atomic E-state index is 0.227. The zero-order valence-electron chi connectivity index (χ0n) is 12.2. The molecule has 2 aromatic rings. The Kier molecular flexibility index (Phi) is 4.98. The van der Waals surface area contributed by atoms with Gasteiger partial charge in [0.15, 0.2) is 0 Å². The normalized spacial score (nSPS) is 11.3. The van der Waals surface area contributed by atoms with Crippen LogP contribution in [0.1, 0.15) is 11.1 Å². The van der Waals surface area contributed by atoms with Crippen LogP contribution in [0.3, 0.4) is 0 Å².